The van der Waals surface area contributed by atoms with E-state index in [9.17, 15) is 13.2 Å². The minimum atomic E-state index is -0.909. The van der Waals surface area contributed by atoms with E-state index >= 15 is 4.39 Å². The van der Waals surface area contributed by atoms with Crippen molar-refractivity contribution in [3.8, 4) is 11.1 Å². The van der Waals surface area contributed by atoms with Gasteiger partial charge in [0.15, 0.2) is 23.3 Å². The average Bonchev–Trinajstić information content (AvgIpc) is 2.87. The summed E-state index contributed by atoms with van der Waals surface area (Å²) in [5.74, 6) is -3.51. The number of aryl methyl sites for hydroxylation is 1. The number of benzene rings is 2. The van der Waals surface area contributed by atoms with Crippen LogP contribution in [-0.4, -0.2) is 25.9 Å². The van der Waals surface area contributed by atoms with Gasteiger partial charge in [-0.2, -0.15) is 0 Å². The smallest absolute Gasteiger partial charge is 0.166 e. The number of ether oxygens (including phenoxy) is 2. The number of hydrogen-bond acceptors (Lipinski definition) is 2. The molecule has 1 unspecified atom stereocenters. The van der Waals surface area contributed by atoms with Gasteiger partial charge in [0.2, 0.25) is 0 Å². The van der Waals surface area contributed by atoms with Gasteiger partial charge >= 0.3 is 0 Å². The van der Waals surface area contributed by atoms with Crippen LogP contribution < -0.4 is 0 Å². The van der Waals surface area contributed by atoms with Crippen molar-refractivity contribution in [2.45, 2.75) is 63.6 Å². The Morgan fingerprint density at radius 1 is 0.882 bits per heavy atom. The largest absolute Gasteiger partial charge is 0.374 e. The molecule has 4 rings (SSSR count). The van der Waals surface area contributed by atoms with Crippen molar-refractivity contribution in [2.75, 3.05) is 13.7 Å². The van der Waals surface area contributed by atoms with Crippen LogP contribution in [0.3, 0.4) is 0 Å². The SMILES string of the molecule is CCc1ccc(-c2ccc(C3CCC(OCC4=CCC(OC)C(F)=C4F)CC3)c(F)c2F)cc1. The molecule has 34 heavy (non-hydrogen) atoms. The summed E-state index contributed by atoms with van der Waals surface area (Å²) in [5, 5.41) is 0. The maximum Gasteiger partial charge on any atom is 0.166 e. The maximum absolute atomic E-state index is 15.0. The molecule has 2 aliphatic rings. The lowest BCUT2D eigenvalue weighted by atomic mass is 9.82. The Kier molecular flexibility index (Phi) is 7.89. The van der Waals surface area contributed by atoms with Gasteiger partial charge in [-0.05, 0) is 61.1 Å². The summed E-state index contributed by atoms with van der Waals surface area (Å²) < 4.78 is 68.8. The first kappa shape index (κ1) is 24.7. The Hall–Kier alpha value is -2.44. The quantitative estimate of drug-likeness (QED) is 0.382. The van der Waals surface area contributed by atoms with Crippen molar-refractivity contribution in [2.24, 2.45) is 0 Å². The molecule has 6 heteroatoms. The fraction of sp³-hybridized carbons (Fsp3) is 0.429. The summed E-state index contributed by atoms with van der Waals surface area (Å²) in [6, 6.07) is 10.8. The molecule has 0 N–H and O–H groups in total. The van der Waals surface area contributed by atoms with Gasteiger partial charge in [-0.25, -0.2) is 17.6 Å². The Labute approximate surface area is 198 Å². The maximum atomic E-state index is 15.0. The van der Waals surface area contributed by atoms with Gasteiger partial charge in [-0.1, -0.05) is 49.4 Å². The third kappa shape index (κ3) is 5.13. The first-order valence-corrected chi connectivity index (χ1v) is 11.9. The molecular formula is C28H30F4O2. The highest BCUT2D eigenvalue weighted by Gasteiger charge is 2.29. The highest BCUT2D eigenvalue weighted by atomic mass is 19.2. The molecule has 2 nitrogen and oxygen atoms in total. The summed E-state index contributed by atoms with van der Waals surface area (Å²) in [4.78, 5) is 0. The van der Waals surface area contributed by atoms with Crippen molar-refractivity contribution < 1.29 is 27.0 Å². The van der Waals surface area contributed by atoms with Crippen LogP contribution in [0.4, 0.5) is 17.6 Å². The molecule has 2 aromatic rings. The molecule has 0 amide bonds. The van der Waals surface area contributed by atoms with Crippen molar-refractivity contribution >= 4 is 0 Å². The number of rotatable bonds is 7. The second-order valence-corrected chi connectivity index (χ2v) is 9.02. The van der Waals surface area contributed by atoms with E-state index in [1.54, 1.807) is 18.2 Å². The number of hydrogen-bond donors (Lipinski definition) is 0. The molecule has 0 bridgehead atoms. The molecule has 1 atom stereocenters. The Morgan fingerprint density at radius 3 is 2.24 bits per heavy atom. The lowest BCUT2D eigenvalue weighted by Gasteiger charge is -2.30. The Balaban J connectivity index is 1.36. The topological polar surface area (TPSA) is 18.5 Å². The van der Waals surface area contributed by atoms with Gasteiger partial charge in [0, 0.05) is 18.2 Å². The van der Waals surface area contributed by atoms with Crippen LogP contribution in [0.2, 0.25) is 0 Å². The minimum Gasteiger partial charge on any atom is -0.374 e. The van der Waals surface area contributed by atoms with Crippen LogP contribution >= 0.6 is 0 Å². The zero-order valence-electron chi connectivity index (χ0n) is 19.6. The van der Waals surface area contributed by atoms with Crippen molar-refractivity contribution in [1.29, 1.82) is 0 Å². The lowest BCUT2D eigenvalue weighted by molar-refractivity contribution is 0.0365. The molecule has 0 heterocycles. The van der Waals surface area contributed by atoms with E-state index in [4.69, 9.17) is 9.47 Å². The Morgan fingerprint density at radius 2 is 1.59 bits per heavy atom. The summed E-state index contributed by atoms with van der Waals surface area (Å²) in [6.07, 6.45) is 4.33. The predicted molar refractivity (Wildman–Crippen MR) is 125 cm³/mol. The average molecular weight is 475 g/mol. The molecule has 2 aliphatic carbocycles. The zero-order valence-corrected chi connectivity index (χ0v) is 19.6. The molecule has 2 aromatic carbocycles. The third-order valence-electron chi connectivity index (χ3n) is 7.01. The van der Waals surface area contributed by atoms with Crippen LogP contribution in [0.5, 0.6) is 0 Å². The normalized spacial score (nSPS) is 23.2. The van der Waals surface area contributed by atoms with Crippen LogP contribution in [0.15, 0.2) is 59.7 Å². The van der Waals surface area contributed by atoms with E-state index in [0.29, 0.717) is 36.8 Å². The van der Waals surface area contributed by atoms with E-state index in [0.717, 1.165) is 12.0 Å². The molecule has 1 fully saturated rings. The zero-order chi connectivity index (χ0) is 24.2. The third-order valence-corrected chi connectivity index (χ3v) is 7.01. The van der Waals surface area contributed by atoms with E-state index in [2.05, 4.69) is 0 Å². The molecule has 0 aromatic heterocycles. The second kappa shape index (κ2) is 10.9. The predicted octanol–water partition coefficient (Wildman–Crippen LogP) is 7.73. The standard InChI is InChI=1S/C28H30F4O2/c1-3-17-4-6-18(7-5-17)22-13-14-23(27(31)26(22)30)19-8-11-21(12-9-19)34-16-20-10-15-24(33-2)28(32)25(20)29/h4-7,10,13-14,19,21,24H,3,8-9,11-12,15-16H2,1-2H3. The second-order valence-electron chi connectivity index (χ2n) is 9.02. The molecule has 0 radical (unpaired) electrons. The highest BCUT2D eigenvalue weighted by Crippen LogP contribution is 2.38. The monoisotopic (exact) mass is 474 g/mol. The van der Waals surface area contributed by atoms with Crippen LogP contribution in [0.1, 0.15) is 56.1 Å². The van der Waals surface area contributed by atoms with Gasteiger partial charge in [0.1, 0.15) is 6.10 Å². The van der Waals surface area contributed by atoms with E-state index in [1.165, 1.54) is 7.11 Å². The summed E-state index contributed by atoms with van der Waals surface area (Å²) >= 11 is 0. The van der Waals surface area contributed by atoms with Gasteiger partial charge in [0.05, 0.1) is 12.7 Å². The molecule has 182 valence electrons. The molecular weight excluding hydrogens is 444 g/mol. The fourth-order valence-corrected chi connectivity index (χ4v) is 4.83. The van der Waals surface area contributed by atoms with Gasteiger partial charge < -0.3 is 9.47 Å². The van der Waals surface area contributed by atoms with Crippen LogP contribution in [0, 0.1) is 11.6 Å². The van der Waals surface area contributed by atoms with Crippen molar-refractivity contribution in [1.82, 2.24) is 0 Å². The van der Waals surface area contributed by atoms with E-state index in [1.807, 2.05) is 31.2 Å². The Bertz CT molecular complexity index is 1070. The first-order chi connectivity index (χ1) is 16.4. The summed E-state index contributed by atoms with van der Waals surface area (Å²) in [6.45, 7) is 2.03. The summed E-state index contributed by atoms with van der Waals surface area (Å²) in [5.41, 5.74) is 2.65. The van der Waals surface area contributed by atoms with Crippen molar-refractivity contribution in [3.63, 3.8) is 0 Å². The molecule has 1 saturated carbocycles. The minimum absolute atomic E-state index is 0.0144. The fourth-order valence-electron chi connectivity index (χ4n) is 4.83. The highest BCUT2D eigenvalue weighted by molar-refractivity contribution is 5.65. The van der Waals surface area contributed by atoms with Crippen molar-refractivity contribution in [3.05, 3.63) is 82.5 Å². The van der Waals surface area contributed by atoms with Gasteiger partial charge in [0.25, 0.3) is 0 Å². The first-order valence-electron chi connectivity index (χ1n) is 11.9. The number of methoxy groups -OCH3 is 1. The van der Waals surface area contributed by atoms with E-state index < -0.39 is 29.4 Å². The summed E-state index contributed by atoms with van der Waals surface area (Å²) in [7, 11) is 1.34. The number of halogens is 4. The van der Waals surface area contributed by atoms with Gasteiger partial charge in [-0.15, -0.1) is 0 Å². The van der Waals surface area contributed by atoms with E-state index in [-0.39, 0.29) is 36.2 Å². The van der Waals surface area contributed by atoms with Gasteiger partial charge in [-0.3, -0.25) is 0 Å². The molecule has 0 saturated heterocycles. The lowest BCUT2D eigenvalue weighted by Crippen LogP contribution is -2.23. The van der Waals surface area contributed by atoms with Crippen LogP contribution in [-0.2, 0) is 15.9 Å². The molecule has 0 spiro atoms. The van der Waals surface area contributed by atoms with Crippen LogP contribution in [0.25, 0.3) is 11.1 Å². The molecule has 0 aliphatic heterocycles.